The number of nitrogens with zero attached hydrogens (tertiary/aromatic N) is 2. The normalized spacial score (nSPS) is 16.8. The topological polar surface area (TPSA) is 100.0 Å². The number of pyridine rings is 1. The van der Waals surface area contributed by atoms with E-state index in [0.717, 1.165) is 5.75 Å². The number of phenols is 1. The first-order valence-corrected chi connectivity index (χ1v) is 9.64. The maximum absolute atomic E-state index is 13.0. The zero-order chi connectivity index (χ0) is 19.2. The van der Waals surface area contributed by atoms with Gasteiger partial charge in [0.2, 0.25) is 0 Å². The van der Waals surface area contributed by atoms with Crippen LogP contribution in [0.15, 0.2) is 36.5 Å². The van der Waals surface area contributed by atoms with Gasteiger partial charge < -0.3 is 19.8 Å². The SMILES string of the molecule is O=Cc1c(O)cccc1OCC1CSCCN1C(=O)c1cccnc1CO. The van der Waals surface area contributed by atoms with Gasteiger partial charge in [-0.3, -0.25) is 14.6 Å². The van der Waals surface area contributed by atoms with Crippen LogP contribution in [0.2, 0.25) is 0 Å². The summed E-state index contributed by atoms with van der Waals surface area (Å²) < 4.78 is 5.76. The molecule has 0 bridgehead atoms. The van der Waals surface area contributed by atoms with Gasteiger partial charge in [-0.2, -0.15) is 11.8 Å². The third-order valence-corrected chi connectivity index (χ3v) is 5.44. The van der Waals surface area contributed by atoms with Gasteiger partial charge in [-0.25, -0.2) is 0 Å². The average Bonchev–Trinajstić information content (AvgIpc) is 2.72. The van der Waals surface area contributed by atoms with Crippen LogP contribution in [-0.2, 0) is 6.61 Å². The molecule has 0 saturated carbocycles. The molecule has 27 heavy (non-hydrogen) atoms. The summed E-state index contributed by atoms with van der Waals surface area (Å²) in [5.41, 5.74) is 0.813. The first-order valence-electron chi connectivity index (χ1n) is 8.49. The Morgan fingerprint density at radius 3 is 3.00 bits per heavy atom. The number of aliphatic hydroxyl groups excluding tert-OH is 1. The number of carbonyl (C=O) groups is 2. The molecule has 0 aliphatic carbocycles. The van der Waals surface area contributed by atoms with Gasteiger partial charge in [0.25, 0.3) is 5.91 Å². The van der Waals surface area contributed by atoms with E-state index in [1.54, 1.807) is 40.9 Å². The van der Waals surface area contributed by atoms with E-state index in [9.17, 15) is 19.8 Å². The second kappa shape index (κ2) is 8.88. The minimum Gasteiger partial charge on any atom is -0.507 e. The molecular weight excluding hydrogens is 368 g/mol. The molecule has 1 amide bonds. The van der Waals surface area contributed by atoms with Crippen LogP contribution >= 0.6 is 11.8 Å². The van der Waals surface area contributed by atoms with Gasteiger partial charge in [0.05, 0.1) is 29.5 Å². The van der Waals surface area contributed by atoms with Gasteiger partial charge in [0.15, 0.2) is 6.29 Å². The van der Waals surface area contributed by atoms with E-state index in [4.69, 9.17) is 4.74 Å². The van der Waals surface area contributed by atoms with E-state index in [1.807, 2.05) is 0 Å². The number of ether oxygens (including phenoxy) is 1. The summed E-state index contributed by atoms with van der Waals surface area (Å²) in [5, 5.41) is 19.2. The highest BCUT2D eigenvalue weighted by Crippen LogP contribution is 2.27. The van der Waals surface area contributed by atoms with Gasteiger partial charge in [-0.05, 0) is 24.3 Å². The van der Waals surface area contributed by atoms with Crippen molar-refractivity contribution in [2.24, 2.45) is 0 Å². The van der Waals surface area contributed by atoms with Crippen molar-refractivity contribution < 1.29 is 24.5 Å². The highest BCUT2D eigenvalue weighted by Gasteiger charge is 2.30. The molecule has 1 unspecified atom stereocenters. The Morgan fingerprint density at radius 2 is 2.22 bits per heavy atom. The number of thioether (sulfide) groups is 1. The Balaban J connectivity index is 1.77. The van der Waals surface area contributed by atoms with Gasteiger partial charge in [-0.1, -0.05) is 6.07 Å². The van der Waals surface area contributed by atoms with E-state index < -0.39 is 0 Å². The molecule has 8 heteroatoms. The zero-order valence-electron chi connectivity index (χ0n) is 14.6. The highest BCUT2D eigenvalue weighted by molar-refractivity contribution is 7.99. The van der Waals surface area contributed by atoms with E-state index in [0.29, 0.717) is 29.8 Å². The first-order chi connectivity index (χ1) is 13.2. The number of aromatic hydroxyl groups is 1. The van der Waals surface area contributed by atoms with Crippen LogP contribution in [0.4, 0.5) is 0 Å². The summed E-state index contributed by atoms with van der Waals surface area (Å²) >= 11 is 1.72. The third kappa shape index (κ3) is 4.23. The maximum atomic E-state index is 13.0. The Labute approximate surface area is 161 Å². The molecule has 2 aromatic rings. The van der Waals surface area contributed by atoms with Crippen LogP contribution in [0.1, 0.15) is 26.4 Å². The number of aromatic nitrogens is 1. The molecule has 1 atom stereocenters. The smallest absolute Gasteiger partial charge is 0.256 e. The number of hydrogen-bond donors (Lipinski definition) is 2. The fourth-order valence-corrected chi connectivity index (χ4v) is 3.98. The molecule has 142 valence electrons. The first kappa shape index (κ1) is 19.2. The van der Waals surface area contributed by atoms with Crippen molar-refractivity contribution in [2.45, 2.75) is 12.6 Å². The second-order valence-corrected chi connectivity index (χ2v) is 7.15. The molecule has 3 rings (SSSR count). The fourth-order valence-electron chi connectivity index (χ4n) is 2.94. The van der Waals surface area contributed by atoms with Crippen LogP contribution < -0.4 is 4.74 Å². The van der Waals surface area contributed by atoms with Crippen LogP contribution in [0, 0.1) is 0 Å². The molecule has 1 aromatic carbocycles. The predicted molar refractivity (Wildman–Crippen MR) is 101 cm³/mol. The number of aldehydes is 1. The molecule has 1 aliphatic heterocycles. The summed E-state index contributed by atoms with van der Waals surface area (Å²) in [6.45, 7) is 0.438. The molecule has 2 heterocycles. The van der Waals surface area contributed by atoms with Crippen molar-refractivity contribution in [1.82, 2.24) is 9.88 Å². The second-order valence-electron chi connectivity index (χ2n) is 6.00. The van der Waals surface area contributed by atoms with Crippen LogP contribution in [0.3, 0.4) is 0 Å². The van der Waals surface area contributed by atoms with Gasteiger partial charge in [0, 0.05) is 24.2 Å². The summed E-state index contributed by atoms with van der Waals surface area (Å²) in [4.78, 5) is 30.0. The lowest BCUT2D eigenvalue weighted by Gasteiger charge is -2.35. The monoisotopic (exact) mass is 388 g/mol. The third-order valence-electron chi connectivity index (χ3n) is 4.35. The standard InChI is InChI=1S/C19H20N2O5S/c22-9-15-17(24)4-1-5-18(15)26-11-13-12-27-8-7-21(13)19(25)14-3-2-6-20-16(14)10-23/h1-6,9,13,23-24H,7-8,10-12H2. The Hall–Kier alpha value is -2.58. The number of phenolic OH excluding ortho intramolecular Hbond substituents is 1. The van der Waals surface area contributed by atoms with Crippen molar-refractivity contribution in [2.75, 3.05) is 24.7 Å². The number of hydrogen-bond acceptors (Lipinski definition) is 7. The number of amides is 1. The molecule has 1 aromatic heterocycles. The van der Waals surface area contributed by atoms with Gasteiger partial charge >= 0.3 is 0 Å². The number of aliphatic hydroxyl groups is 1. The van der Waals surface area contributed by atoms with E-state index in [2.05, 4.69) is 4.98 Å². The van der Waals surface area contributed by atoms with Crippen molar-refractivity contribution in [3.63, 3.8) is 0 Å². The van der Waals surface area contributed by atoms with Crippen molar-refractivity contribution >= 4 is 24.0 Å². The lowest BCUT2D eigenvalue weighted by atomic mass is 10.1. The molecule has 0 spiro atoms. The number of benzene rings is 1. The summed E-state index contributed by atoms with van der Waals surface area (Å²) in [7, 11) is 0. The highest BCUT2D eigenvalue weighted by atomic mass is 32.2. The van der Waals surface area contributed by atoms with E-state index >= 15 is 0 Å². The molecule has 1 fully saturated rings. The zero-order valence-corrected chi connectivity index (χ0v) is 15.4. The fraction of sp³-hybridized carbons (Fsp3) is 0.316. The minimum atomic E-state index is -0.308. The van der Waals surface area contributed by atoms with Crippen molar-refractivity contribution in [3.05, 3.63) is 53.3 Å². The van der Waals surface area contributed by atoms with E-state index in [-0.39, 0.29) is 42.2 Å². The number of carbonyl (C=O) groups excluding carboxylic acids is 2. The molecule has 7 nitrogen and oxygen atoms in total. The molecule has 1 aliphatic rings. The van der Waals surface area contributed by atoms with E-state index in [1.165, 1.54) is 12.3 Å². The van der Waals surface area contributed by atoms with Crippen molar-refractivity contribution in [1.29, 1.82) is 0 Å². The lowest BCUT2D eigenvalue weighted by Crippen LogP contribution is -2.49. The Bertz CT molecular complexity index is 829. The quantitative estimate of drug-likeness (QED) is 0.727. The molecule has 1 saturated heterocycles. The summed E-state index contributed by atoms with van der Waals surface area (Å²) in [5.74, 6) is 1.44. The molecular formula is C19H20N2O5S. The molecule has 0 radical (unpaired) electrons. The van der Waals surface area contributed by atoms with Gasteiger partial charge in [0.1, 0.15) is 18.1 Å². The lowest BCUT2D eigenvalue weighted by molar-refractivity contribution is 0.0643. The van der Waals surface area contributed by atoms with Gasteiger partial charge in [-0.15, -0.1) is 0 Å². The average molecular weight is 388 g/mol. The Morgan fingerprint density at radius 1 is 1.37 bits per heavy atom. The summed E-state index contributed by atoms with van der Waals surface area (Å²) in [6.07, 6.45) is 2.09. The largest absolute Gasteiger partial charge is 0.507 e. The van der Waals surface area contributed by atoms with Crippen LogP contribution in [0.25, 0.3) is 0 Å². The molecule has 2 N–H and O–H groups in total. The maximum Gasteiger partial charge on any atom is 0.256 e. The van der Waals surface area contributed by atoms with Crippen molar-refractivity contribution in [3.8, 4) is 11.5 Å². The van der Waals surface area contributed by atoms with Crippen LogP contribution in [0.5, 0.6) is 11.5 Å². The summed E-state index contributed by atoms with van der Waals surface area (Å²) in [6, 6.07) is 7.74. The minimum absolute atomic E-state index is 0.0914. The predicted octanol–water partition coefficient (Wildman–Crippen LogP) is 1.73. The Kier molecular flexibility index (Phi) is 6.31. The van der Waals surface area contributed by atoms with Crippen LogP contribution in [-0.4, -0.2) is 63.0 Å². The number of rotatable bonds is 6.